The number of benzene rings is 1. The fourth-order valence-corrected chi connectivity index (χ4v) is 2.75. The van der Waals surface area contributed by atoms with Gasteiger partial charge >= 0.3 is 6.18 Å². The van der Waals surface area contributed by atoms with Gasteiger partial charge in [-0.2, -0.15) is 13.2 Å². The zero-order chi connectivity index (χ0) is 15.5. The van der Waals surface area contributed by atoms with Crippen molar-refractivity contribution in [3.8, 4) is 0 Å². The Bertz CT molecular complexity index is 634. The molecule has 0 bridgehead atoms. The third-order valence-corrected chi connectivity index (χ3v) is 4.04. The monoisotopic (exact) mass is 313 g/mol. The second-order valence-corrected chi connectivity index (χ2v) is 5.55. The van der Waals surface area contributed by atoms with Crippen LogP contribution in [0.3, 0.4) is 0 Å². The molecule has 2 nitrogen and oxygen atoms in total. The smallest absolute Gasteiger partial charge is 0.351 e. The molecule has 2 rings (SSSR count). The van der Waals surface area contributed by atoms with Crippen molar-refractivity contribution in [1.29, 1.82) is 0 Å². The average Bonchev–Trinajstić information content (AvgIpc) is 2.84. The fourth-order valence-electron chi connectivity index (χ4n) is 1.91. The number of hydrogen-bond donors (Lipinski definition) is 1. The van der Waals surface area contributed by atoms with Crippen molar-refractivity contribution in [2.24, 2.45) is 0 Å². The van der Waals surface area contributed by atoms with Crippen LogP contribution in [0.5, 0.6) is 0 Å². The zero-order valence-electron chi connectivity index (χ0n) is 11.3. The number of carbonyl (C=O) groups excluding carboxylic acids is 1. The first-order valence-corrected chi connectivity index (χ1v) is 7.24. The molecule has 0 spiro atoms. The first-order valence-electron chi connectivity index (χ1n) is 6.36. The molecule has 21 heavy (non-hydrogen) atoms. The highest BCUT2D eigenvalue weighted by Crippen LogP contribution is 2.29. The zero-order valence-corrected chi connectivity index (χ0v) is 12.1. The largest absolute Gasteiger partial charge is 0.416 e. The summed E-state index contributed by atoms with van der Waals surface area (Å²) in [6.07, 6.45) is -3.98. The number of nitrogens with one attached hydrogen (secondary N) is 1. The van der Waals surface area contributed by atoms with Gasteiger partial charge in [0, 0.05) is 6.54 Å². The molecule has 0 radical (unpaired) electrons. The van der Waals surface area contributed by atoms with Gasteiger partial charge in [-0.1, -0.05) is 18.2 Å². The first kappa shape index (κ1) is 15.6. The quantitative estimate of drug-likeness (QED) is 0.906. The molecule has 2 aromatic rings. The van der Waals surface area contributed by atoms with Gasteiger partial charge in [-0.25, -0.2) is 0 Å². The lowest BCUT2D eigenvalue weighted by atomic mass is 10.1. The maximum Gasteiger partial charge on any atom is 0.416 e. The van der Waals surface area contributed by atoms with E-state index in [1.54, 1.807) is 6.07 Å². The van der Waals surface area contributed by atoms with Crippen LogP contribution in [-0.4, -0.2) is 12.5 Å². The molecule has 0 aliphatic carbocycles. The molecular formula is C15H14F3NOS. The highest BCUT2D eigenvalue weighted by molar-refractivity contribution is 7.12. The van der Waals surface area contributed by atoms with Crippen LogP contribution in [0.25, 0.3) is 0 Å². The van der Waals surface area contributed by atoms with Gasteiger partial charge in [0.1, 0.15) is 0 Å². The Kier molecular flexibility index (Phi) is 4.67. The van der Waals surface area contributed by atoms with E-state index in [2.05, 4.69) is 5.32 Å². The minimum absolute atomic E-state index is 0.186. The Morgan fingerprint density at radius 2 is 2.05 bits per heavy atom. The predicted octanol–water partition coefficient (Wildman–Crippen LogP) is 4.05. The summed E-state index contributed by atoms with van der Waals surface area (Å²) in [5, 5.41) is 4.55. The molecule has 1 amide bonds. The third-order valence-electron chi connectivity index (χ3n) is 3.02. The molecule has 112 valence electrons. The SMILES string of the molecule is Cc1ccsc1C(=O)NCCc1cccc(C(F)(F)F)c1. The van der Waals surface area contributed by atoms with Gasteiger partial charge in [0.25, 0.3) is 5.91 Å². The Morgan fingerprint density at radius 1 is 1.29 bits per heavy atom. The van der Waals surface area contributed by atoms with Crippen LogP contribution in [0.4, 0.5) is 13.2 Å². The van der Waals surface area contributed by atoms with Crippen LogP contribution in [0.2, 0.25) is 0 Å². The van der Waals surface area contributed by atoms with E-state index in [-0.39, 0.29) is 5.91 Å². The molecule has 6 heteroatoms. The summed E-state index contributed by atoms with van der Waals surface area (Å²) in [5.41, 5.74) is 0.782. The van der Waals surface area contributed by atoms with Gasteiger partial charge < -0.3 is 5.32 Å². The third kappa shape index (κ3) is 4.07. The van der Waals surface area contributed by atoms with E-state index in [9.17, 15) is 18.0 Å². The van der Waals surface area contributed by atoms with Gasteiger partial charge in [0.05, 0.1) is 10.4 Å². The van der Waals surface area contributed by atoms with Crippen molar-refractivity contribution < 1.29 is 18.0 Å². The van der Waals surface area contributed by atoms with Crippen molar-refractivity contribution in [2.45, 2.75) is 19.5 Å². The summed E-state index contributed by atoms with van der Waals surface area (Å²) >= 11 is 1.35. The molecule has 0 saturated heterocycles. The first-order chi connectivity index (χ1) is 9.88. The molecule has 1 N–H and O–H groups in total. The summed E-state index contributed by atoms with van der Waals surface area (Å²) in [7, 11) is 0. The molecule has 1 heterocycles. The highest BCUT2D eigenvalue weighted by atomic mass is 32.1. The molecule has 0 aliphatic rings. The van der Waals surface area contributed by atoms with Gasteiger partial charge in [-0.3, -0.25) is 4.79 Å². The van der Waals surface area contributed by atoms with Gasteiger partial charge in [0.2, 0.25) is 0 Å². The maximum atomic E-state index is 12.6. The van der Waals surface area contributed by atoms with Crippen molar-refractivity contribution in [3.05, 3.63) is 57.3 Å². The van der Waals surface area contributed by atoms with E-state index in [0.29, 0.717) is 23.4 Å². The number of thiophene rings is 1. The topological polar surface area (TPSA) is 29.1 Å². The predicted molar refractivity (Wildman–Crippen MR) is 76.5 cm³/mol. The summed E-state index contributed by atoms with van der Waals surface area (Å²) in [6, 6.07) is 7.01. The number of hydrogen-bond acceptors (Lipinski definition) is 2. The number of halogens is 3. The Labute approximate surface area is 124 Å². The van der Waals surface area contributed by atoms with Crippen LogP contribution in [-0.2, 0) is 12.6 Å². The molecule has 0 aliphatic heterocycles. The lowest BCUT2D eigenvalue weighted by Crippen LogP contribution is -2.25. The van der Waals surface area contributed by atoms with Crippen LogP contribution in [0, 0.1) is 6.92 Å². The van der Waals surface area contributed by atoms with Crippen molar-refractivity contribution in [1.82, 2.24) is 5.32 Å². The average molecular weight is 313 g/mol. The van der Waals surface area contributed by atoms with Crippen molar-refractivity contribution >= 4 is 17.2 Å². The summed E-state index contributed by atoms with van der Waals surface area (Å²) in [4.78, 5) is 12.5. The van der Waals surface area contributed by atoms with Crippen LogP contribution >= 0.6 is 11.3 Å². The van der Waals surface area contributed by atoms with E-state index in [0.717, 1.165) is 17.7 Å². The summed E-state index contributed by atoms with van der Waals surface area (Å²) < 4.78 is 37.7. The minimum Gasteiger partial charge on any atom is -0.351 e. The summed E-state index contributed by atoms with van der Waals surface area (Å²) in [5.74, 6) is -0.186. The number of alkyl halides is 3. The number of aryl methyl sites for hydroxylation is 1. The molecule has 0 saturated carbocycles. The van der Waals surface area contributed by atoms with E-state index >= 15 is 0 Å². The van der Waals surface area contributed by atoms with E-state index in [4.69, 9.17) is 0 Å². The number of amides is 1. The van der Waals surface area contributed by atoms with E-state index in [1.165, 1.54) is 17.4 Å². The van der Waals surface area contributed by atoms with Crippen molar-refractivity contribution in [2.75, 3.05) is 6.54 Å². The number of carbonyl (C=O) groups is 1. The van der Waals surface area contributed by atoms with E-state index in [1.807, 2.05) is 18.4 Å². The fraction of sp³-hybridized carbons (Fsp3) is 0.267. The molecule has 1 aromatic heterocycles. The van der Waals surface area contributed by atoms with Crippen LogP contribution in [0.15, 0.2) is 35.7 Å². The Balaban J connectivity index is 1.92. The molecule has 0 atom stereocenters. The Hall–Kier alpha value is -1.82. The van der Waals surface area contributed by atoms with Gasteiger partial charge in [-0.05, 0) is 42.0 Å². The molecular weight excluding hydrogens is 299 g/mol. The normalized spacial score (nSPS) is 11.4. The second kappa shape index (κ2) is 6.30. The standard InChI is InChI=1S/C15H14F3NOS/c1-10-6-8-21-13(10)14(20)19-7-5-11-3-2-4-12(9-11)15(16,17)18/h2-4,6,8-9H,5,7H2,1H3,(H,19,20). The van der Waals surface area contributed by atoms with Crippen LogP contribution in [0.1, 0.15) is 26.4 Å². The Morgan fingerprint density at radius 3 is 2.67 bits per heavy atom. The lowest BCUT2D eigenvalue weighted by Gasteiger charge is -2.09. The van der Waals surface area contributed by atoms with Crippen molar-refractivity contribution in [3.63, 3.8) is 0 Å². The molecule has 1 aromatic carbocycles. The van der Waals surface area contributed by atoms with Crippen LogP contribution < -0.4 is 5.32 Å². The highest BCUT2D eigenvalue weighted by Gasteiger charge is 2.30. The van der Waals surface area contributed by atoms with Gasteiger partial charge in [-0.15, -0.1) is 11.3 Å². The van der Waals surface area contributed by atoms with E-state index < -0.39 is 11.7 Å². The second-order valence-electron chi connectivity index (χ2n) is 4.64. The summed E-state index contributed by atoms with van der Waals surface area (Å²) in [6.45, 7) is 2.15. The number of rotatable bonds is 4. The molecule has 0 unspecified atom stereocenters. The maximum absolute atomic E-state index is 12.6. The minimum atomic E-state index is -4.34. The lowest BCUT2D eigenvalue weighted by molar-refractivity contribution is -0.137. The molecule has 0 fully saturated rings. The van der Waals surface area contributed by atoms with Gasteiger partial charge in [0.15, 0.2) is 0 Å².